The van der Waals surface area contributed by atoms with E-state index in [1.165, 1.54) is 0 Å². The van der Waals surface area contributed by atoms with Crippen molar-refractivity contribution in [2.45, 2.75) is 6.42 Å². The molecule has 4 aromatic carbocycles. The number of hydrogen-bond donors (Lipinski definition) is 0. The lowest BCUT2D eigenvalue weighted by molar-refractivity contribution is 1.26. The molecule has 1 aliphatic rings. The highest BCUT2D eigenvalue weighted by molar-refractivity contribution is 5.91. The predicted molar refractivity (Wildman–Crippen MR) is 106 cm³/mol. The molecule has 118 valence electrons. The van der Waals surface area contributed by atoms with E-state index in [9.17, 15) is 0 Å². The van der Waals surface area contributed by atoms with Crippen molar-refractivity contribution in [1.82, 2.24) is 0 Å². The third-order valence-corrected chi connectivity index (χ3v) is 3.95. The zero-order valence-corrected chi connectivity index (χ0v) is 12.7. The third kappa shape index (κ3) is 2.38. The van der Waals surface area contributed by atoms with Crippen LogP contribution in [0.25, 0.3) is 33.4 Å². The van der Waals surface area contributed by atoms with Crippen molar-refractivity contribution in [2.75, 3.05) is 0 Å². The second-order valence-electron chi connectivity index (χ2n) is 5.38. The van der Waals surface area contributed by atoms with Crippen LogP contribution in [0.2, 0.25) is 0 Å². The van der Waals surface area contributed by atoms with Crippen molar-refractivity contribution in [3.63, 3.8) is 0 Å². The number of benzene rings is 4. The molecule has 0 bridgehead atoms. The van der Waals surface area contributed by atoms with Crippen molar-refractivity contribution in [3.8, 4) is 33.4 Å². The molecule has 0 heterocycles. The summed E-state index contributed by atoms with van der Waals surface area (Å²) < 4.78 is 134. The molecule has 0 fully saturated rings. The van der Waals surface area contributed by atoms with Gasteiger partial charge in [-0.2, -0.15) is 0 Å². The lowest BCUT2D eigenvalue weighted by Crippen LogP contribution is -1.87. The first-order chi connectivity index (χ1) is 19.1. The van der Waals surface area contributed by atoms with Gasteiger partial charge in [0.2, 0.25) is 0 Å². The second kappa shape index (κ2) is 5.75. The van der Waals surface area contributed by atoms with Gasteiger partial charge in [0.15, 0.2) is 0 Å². The molecular formula is C25H18. The summed E-state index contributed by atoms with van der Waals surface area (Å²) in [7, 11) is 0. The van der Waals surface area contributed by atoms with Gasteiger partial charge < -0.3 is 0 Å². The van der Waals surface area contributed by atoms with E-state index in [1.807, 2.05) is 0 Å². The number of rotatable bonds is 2. The van der Waals surface area contributed by atoms with E-state index < -0.39 is 107 Å². The first kappa shape index (κ1) is 5.44. The van der Waals surface area contributed by atoms with Crippen molar-refractivity contribution < 1.29 is 21.9 Å². The molecule has 4 aromatic rings. The number of fused-ring (bicyclic) bond motifs is 3. The molecular weight excluding hydrogens is 300 g/mol. The van der Waals surface area contributed by atoms with Crippen LogP contribution < -0.4 is 0 Å². The first-order valence-electron chi connectivity index (χ1n) is 15.5. The Morgan fingerprint density at radius 3 is 2.08 bits per heavy atom. The average Bonchev–Trinajstić information content (AvgIpc) is 3.34. The van der Waals surface area contributed by atoms with E-state index >= 15 is 0 Å². The SMILES string of the molecule is [2H]c1c([2H])c([2H])c(-c2c([2H])c([2H])c([2H])c(-c3c([2H])c([2H])c([2H])c4c3-c3c([2H])c([2H])c([2H])c([2H])c3C4)c2[2H])c([2H])c1[2H]. The fraction of sp³-hybridized carbons (Fsp3) is 0.0400. The van der Waals surface area contributed by atoms with E-state index in [4.69, 9.17) is 21.9 Å². The molecule has 5 rings (SSSR count). The van der Waals surface area contributed by atoms with Crippen LogP contribution in [0.5, 0.6) is 0 Å². The summed E-state index contributed by atoms with van der Waals surface area (Å²) >= 11 is 0. The van der Waals surface area contributed by atoms with E-state index in [0.29, 0.717) is 0 Å². The smallest absolute Gasteiger partial charge is 0.0622 e. The third-order valence-electron chi connectivity index (χ3n) is 3.95. The molecule has 0 amide bonds. The van der Waals surface area contributed by atoms with E-state index in [1.54, 1.807) is 0 Å². The van der Waals surface area contributed by atoms with E-state index in [-0.39, 0.29) is 40.3 Å². The minimum absolute atomic E-state index is 0.0626. The van der Waals surface area contributed by atoms with Gasteiger partial charge in [-0.25, -0.2) is 0 Å². The van der Waals surface area contributed by atoms with Gasteiger partial charge in [-0.3, -0.25) is 0 Å². The molecule has 0 saturated carbocycles. The van der Waals surface area contributed by atoms with Crippen molar-refractivity contribution >= 4 is 0 Å². The van der Waals surface area contributed by atoms with Gasteiger partial charge in [0.1, 0.15) is 0 Å². The van der Waals surface area contributed by atoms with Crippen LogP contribution in [0.1, 0.15) is 33.1 Å². The minimum atomic E-state index is -0.791. The monoisotopic (exact) mass is 334 g/mol. The lowest BCUT2D eigenvalue weighted by atomic mass is 9.92. The molecule has 0 saturated heterocycles. The Balaban J connectivity index is 2.01. The first-order valence-corrected chi connectivity index (χ1v) is 7.46. The van der Waals surface area contributed by atoms with Crippen LogP contribution in [0, 0.1) is 0 Å². The van der Waals surface area contributed by atoms with Gasteiger partial charge in [-0.15, -0.1) is 0 Å². The van der Waals surface area contributed by atoms with Crippen LogP contribution >= 0.6 is 0 Å². The molecule has 0 aromatic heterocycles. The van der Waals surface area contributed by atoms with Crippen molar-refractivity contribution in [1.29, 1.82) is 0 Å². The topological polar surface area (TPSA) is 0 Å². The molecule has 0 atom stereocenters. The van der Waals surface area contributed by atoms with Crippen LogP contribution in [-0.2, 0) is 6.42 Å². The van der Waals surface area contributed by atoms with Gasteiger partial charge >= 0.3 is 0 Å². The predicted octanol–water partition coefficient (Wildman–Crippen LogP) is 6.59. The molecule has 25 heavy (non-hydrogen) atoms. The summed E-state index contributed by atoms with van der Waals surface area (Å²) in [5.74, 6) is 0. The molecule has 0 unspecified atom stereocenters. The van der Waals surface area contributed by atoms with Crippen LogP contribution in [0.4, 0.5) is 0 Å². The van der Waals surface area contributed by atoms with E-state index in [2.05, 4.69) is 0 Å². The highest BCUT2D eigenvalue weighted by Gasteiger charge is 2.21. The summed E-state index contributed by atoms with van der Waals surface area (Å²) in [6.07, 6.45) is -0.194. The minimum Gasteiger partial charge on any atom is -0.0622 e. The zero-order valence-electron chi connectivity index (χ0n) is 28.7. The Morgan fingerprint density at radius 2 is 1.16 bits per heavy atom. The average molecular weight is 335 g/mol. The Labute approximate surface area is 170 Å². The second-order valence-corrected chi connectivity index (χ2v) is 5.38. The largest absolute Gasteiger partial charge is 0.0636 e. The summed E-state index contributed by atoms with van der Waals surface area (Å²) in [5.41, 5.74) is -1.97. The van der Waals surface area contributed by atoms with Crippen molar-refractivity contribution in [3.05, 3.63) is 108 Å². The van der Waals surface area contributed by atoms with E-state index in [0.717, 1.165) is 0 Å². The maximum absolute atomic E-state index is 9.03. The Kier molecular flexibility index (Phi) is 1.25. The summed E-state index contributed by atoms with van der Waals surface area (Å²) in [6.45, 7) is 0. The van der Waals surface area contributed by atoms with Gasteiger partial charge in [-0.1, -0.05) is 90.6 Å². The van der Waals surface area contributed by atoms with Crippen LogP contribution in [0.3, 0.4) is 0 Å². The highest BCUT2D eigenvalue weighted by Crippen LogP contribution is 2.43. The Bertz CT molecular complexity index is 1850. The molecule has 0 spiro atoms. The van der Waals surface area contributed by atoms with Gasteiger partial charge in [0.05, 0.1) is 21.9 Å². The Hall–Kier alpha value is -3.12. The fourth-order valence-electron chi connectivity index (χ4n) is 2.87. The quantitative estimate of drug-likeness (QED) is 0.341. The number of hydrogen-bond acceptors (Lipinski definition) is 0. The standard InChI is InChI=1S/C25H18/c1-2-8-18(9-3-1)19-11-6-12-21(16-19)24-15-7-13-22-17-20-10-4-5-14-23(20)25(22)24/h1-16H,17H2/i1D,2D,3D,4D,5D,6D,7D,8D,9D,10D,11D,12D,13D,14D,15D,16D. The summed E-state index contributed by atoms with van der Waals surface area (Å²) in [5, 5.41) is 0. The summed E-state index contributed by atoms with van der Waals surface area (Å²) in [4.78, 5) is 0. The molecule has 0 heteroatoms. The van der Waals surface area contributed by atoms with Gasteiger partial charge in [-0.05, 0) is 57.0 Å². The van der Waals surface area contributed by atoms with Crippen molar-refractivity contribution in [2.24, 2.45) is 0 Å². The molecule has 1 aliphatic carbocycles. The van der Waals surface area contributed by atoms with Gasteiger partial charge in [0, 0.05) is 0 Å². The lowest BCUT2D eigenvalue weighted by Gasteiger charge is -2.12. The molecule has 0 aliphatic heterocycles. The van der Waals surface area contributed by atoms with Gasteiger partial charge in [0.25, 0.3) is 0 Å². The zero-order chi connectivity index (χ0) is 30.6. The normalized spacial score (nSPS) is 20.8. The Morgan fingerprint density at radius 1 is 0.520 bits per heavy atom. The molecule has 0 N–H and O–H groups in total. The fourth-order valence-corrected chi connectivity index (χ4v) is 2.87. The van der Waals surface area contributed by atoms with Crippen LogP contribution in [0.15, 0.2) is 96.7 Å². The maximum Gasteiger partial charge on any atom is 0.0636 e. The molecule has 0 nitrogen and oxygen atoms in total. The highest BCUT2D eigenvalue weighted by atomic mass is 14.2. The molecule has 0 radical (unpaired) electrons. The summed E-state index contributed by atoms with van der Waals surface area (Å²) in [6, 6.07) is -10.5. The van der Waals surface area contributed by atoms with Crippen LogP contribution in [-0.4, -0.2) is 0 Å². The maximum atomic E-state index is 9.03.